The Hall–Kier alpha value is -0.0600. The van der Waals surface area contributed by atoms with E-state index in [1.807, 2.05) is 0 Å². The van der Waals surface area contributed by atoms with Crippen LogP contribution in [-0.4, -0.2) is 42.6 Å². The van der Waals surface area contributed by atoms with Crippen LogP contribution in [0.15, 0.2) is 0 Å². The van der Waals surface area contributed by atoms with Crippen molar-refractivity contribution in [3.8, 4) is 0 Å². The quantitative estimate of drug-likeness (QED) is 0.409. The van der Waals surface area contributed by atoms with Crippen LogP contribution in [0.25, 0.3) is 0 Å². The fourth-order valence-corrected chi connectivity index (χ4v) is 1.27. The molecule has 0 heterocycles. The number of aliphatic hydroxyl groups is 1. The first-order valence-corrected chi connectivity index (χ1v) is 4.30. The Morgan fingerprint density at radius 1 is 1.80 bits per heavy atom. The number of carbonyl (C=O) groups is 1. The van der Waals surface area contributed by atoms with Gasteiger partial charge in [0.25, 0.3) is 0 Å². The molecule has 0 aromatic carbocycles. The summed E-state index contributed by atoms with van der Waals surface area (Å²) in [7, 11) is 1.79. The second kappa shape index (κ2) is 7.05. The lowest BCUT2D eigenvalue weighted by Gasteiger charge is -2.10. The van der Waals surface area contributed by atoms with Crippen molar-refractivity contribution < 1.29 is 9.90 Å². The number of likely N-dealkylation sites (N-methyl/N-ethyl adjacent to an activating group) is 1. The van der Waals surface area contributed by atoms with Gasteiger partial charge >= 0.3 is 0 Å². The van der Waals surface area contributed by atoms with Crippen LogP contribution in [0, 0.1) is 0 Å². The lowest BCUT2D eigenvalue weighted by atomic mass is 10.4. The Balaban J connectivity index is 3.16. The number of hydrogen-bond donors (Lipinski definition) is 2. The van der Waals surface area contributed by atoms with E-state index in [0.29, 0.717) is 5.75 Å². The molecule has 0 aromatic heterocycles. The minimum Gasteiger partial charge on any atom is -0.395 e. The third kappa shape index (κ3) is 4.78. The molecular formula is C6H13NO2S. The van der Waals surface area contributed by atoms with Gasteiger partial charge in [-0.3, -0.25) is 0 Å². The van der Waals surface area contributed by atoms with Gasteiger partial charge in [0, 0.05) is 17.5 Å². The summed E-state index contributed by atoms with van der Waals surface area (Å²) >= 11 is 1.52. The van der Waals surface area contributed by atoms with E-state index in [1.54, 1.807) is 7.05 Å². The van der Waals surface area contributed by atoms with Crippen LogP contribution in [0.1, 0.15) is 0 Å². The highest BCUT2D eigenvalue weighted by atomic mass is 32.2. The second-order valence-electron chi connectivity index (χ2n) is 1.87. The molecule has 0 radical (unpaired) electrons. The summed E-state index contributed by atoms with van der Waals surface area (Å²) in [6, 6.07) is 0.116. The zero-order valence-corrected chi connectivity index (χ0v) is 6.86. The van der Waals surface area contributed by atoms with Crippen molar-refractivity contribution >= 4 is 18.0 Å². The summed E-state index contributed by atoms with van der Waals surface area (Å²) in [6.45, 7) is 0.127. The zero-order valence-electron chi connectivity index (χ0n) is 6.04. The molecule has 2 N–H and O–H groups in total. The van der Waals surface area contributed by atoms with Gasteiger partial charge in [-0.2, -0.15) is 11.8 Å². The molecule has 0 spiro atoms. The Morgan fingerprint density at radius 3 is 2.90 bits per heavy atom. The number of aldehydes is 1. The SMILES string of the molecule is CNC(CO)CSCC=O. The fraction of sp³-hybridized carbons (Fsp3) is 0.833. The van der Waals surface area contributed by atoms with E-state index in [1.165, 1.54) is 11.8 Å². The summed E-state index contributed by atoms with van der Waals surface area (Å²) in [5.74, 6) is 1.30. The Morgan fingerprint density at radius 2 is 2.50 bits per heavy atom. The van der Waals surface area contributed by atoms with E-state index in [2.05, 4.69) is 5.32 Å². The zero-order chi connectivity index (χ0) is 7.82. The number of aliphatic hydroxyl groups excluding tert-OH is 1. The predicted molar refractivity (Wildman–Crippen MR) is 43.3 cm³/mol. The van der Waals surface area contributed by atoms with Gasteiger partial charge in [0.2, 0.25) is 0 Å². The number of rotatable bonds is 6. The van der Waals surface area contributed by atoms with Gasteiger partial charge in [0.05, 0.1) is 6.61 Å². The van der Waals surface area contributed by atoms with Gasteiger partial charge in [-0.15, -0.1) is 0 Å². The fourth-order valence-electron chi connectivity index (χ4n) is 0.486. The molecule has 1 atom stereocenters. The topological polar surface area (TPSA) is 49.3 Å². The third-order valence-electron chi connectivity index (χ3n) is 1.13. The van der Waals surface area contributed by atoms with Crippen LogP contribution < -0.4 is 5.32 Å². The lowest BCUT2D eigenvalue weighted by Crippen LogP contribution is -2.31. The first kappa shape index (κ1) is 9.94. The van der Waals surface area contributed by atoms with Crippen LogP contribution in [-0.2, 0) is 4.79 Å². The van der Waals surface area contributed by atoms with Gasteiger partial charge < -0.3 is 15.2 Å². The molecule has 60 valence electrons. The predicted octanol–water partition coefficient (Wildman–Crippen LogP) is -0.501. The summed E-state index contributed by atoms with van der Waals surface area (Å²) in [5, 5.41) is 11.6. The molecule has 4 heteroatoms. The maximum absolute atomic E-state index is 9.86. The highest BCUT2D eigenvalue weighted by molar-refractivity contribution is 7.99. The summed E-state index contributed by atoms with van der Waals surface area (Å²) < 4.78 is 0. The number of carbonyl (C=O) groups excluding carboxylic acids is 1. The molecule has 0 aliphatic heterocycles. The minimum atomic E-state index is 0.116. The standard InChI is InChI=1S/C6H13NO2S/c1-7-6(4-9)5-10-3-2-8/h2,6-7,9H,3-5H2,1H3. The molecule has 0 aliphatic rings. The molecule has 10 heavy (non-hydrogen) atoms. The summed E-state index contributed by atoms with van der Waals surface area (Å²) in [4.78, 5) is 9.86. The van der Waals surface area contributed by atoms with E-state index >= 15 is 0 Å². The summed E-state index contributed by atoms with van der Waals surface area (Å²) in [6.07, 6.45) is 0.870. The van der Waals surface area contributed by atoms with E-state index in [9.17, 15) is 4.79 Å². The molecule has 0 saturated carbocycles. The Labute approximate surface area is 65.2 Å². The molecule has 0 amide bonds. The minimum absolute atomic E-state index is 0.116. The van der Waals surface area contributed by atoms with Crippen LogP contribution >= 0.6 is 11.8 Å². The van der Waals surface area contributed by atoms with Gasteiger partial charge in [0.1, 0.15) is 6.29 Å². The van der Waals surface area contributed by atoms with E-state index in [4.69, 9.17) is 5.11 Å². The lowest BCUT2D eigenvalue weighted by molar-refractivity contribution is -0.105. The monoisotopic (exact) mass is 163 g/mol. The molecule has 0 aromatic rings. The maximum Gasteiger partial charge on any atom is 0.129 e. The average Bonchev–Trinajstić information content (AvgIpc) is 1.99. The van der Waals surface area contributed by atoms with Crippen molar-refractivity contribution in [3.05, 3.63) is 0 Å². The molecule has 0 rings (SSSR count). The average molecular weight is 163 g/mol. The van der Waals surface area contributed by atoms with Gasteiger partial charge in [-0.1, -0.05) is 0 Å². The van der Waals surface area contributed by atoms with E-state index in [-0.39, 0.29) is 12.6 Å². The molecule has 3 nitrogen and oxygen atoms in total. The van der Waals surface area contributed by atoms with Gasteiger partial charge in [-0.05, 0) is 7.05 Å². The first-order valence-electron chi connectivity index (χ1n) is 3.14. The smallest absolute Gasteiger partial charge is 0.129 e. The normalized spacial score (nSPS) is 13.0. The van der Waals surface area contributed by atoms with Crippen LogP contribution in [0.4, 0.5) is 0 Å². The van der Waals surface area contributed by atoms with Crippen LogP contribution in [0.3, 0.4) is 0 Å². The second-order valence-corrected chi connectivity index (χ2v) is 2.95. The summed E-state index contributed by atoms with van der Waals surface area (Å²) in [5.41, 5.74) is 0. The van der Waals surface area contributed by atoms with Crippen molar-refractivity contribution in [3.63, 3.8) is 0 Å². The first-order chi connectivity index (χ1) is 4.85. The maximum atomic E-state index is 9.86. The molecule has 0 aliphatic carbocycles. The highest BCUT2D eigenvalue weighted by Gasteiger charge is 2.01. The highest BCUT2D eigenvalue weighted by Crippen LogP contribution is 1.99. The van der Waals surface area contributed by atoms with Gasteiger partial charge in [0.15, 0.2) is 0 Å². The third-order valence-corrected chi connectivity index (χ3v) is 2.14. The largest absolute Gasteiger partial charge is 0.395 e. The van der Waals surface area contributed by atoms with Crippen molar-refractivity contribution in [1.82, 2.24) is 5.32 Å². The molecular weight excluding hydrogens is 150 g/mol. The van der Waals surface area contributed by atoms with Crippen molar-refractivity contribution in [2.75, 3.05) is 25.2 Å². The van der Waals surface area contributed by atoms with Crippen molar-refractivity contribution in [1.29, 1.82) is 0 Å². The van der Waals surface area contributed by atoms with Crippen LogP contribution in [0.5, 0.6) is 0 Å². The number of nitrogens with one attached hydrogen (secondary N) is 1. The van der Waals surface area contributed by atoms with Crippen molar-refractivity contribution in [2.45, 2.75) is 6.04 Å². The number of hydrogen-bond acceptors (Lipinski definition) is 4. The van der Waals surface area contributed by atoms with Crippen LogP contribution in [0.2, 0.25) is 0 Å². The molecule has 0 saturated heterocycles. The van der Waals surface area contributed by atoms with Gasteiger partial charge in [-0.25, -0.2) is 0 Å². The molecule has 0 bridgehead atoms. The Kier molecular flexibility index (Phi) is 7.01. The number of thioether (sulfide) groups is 1. The van der Waals surface area contributed by atoms with Crippen molar-refractivity contribution in [2.24, 2.45) is 0 Å². The van der Waals surface area contributed by atoms with E-state index < -0.39 is 0 Å². The molecule has 1 unspecified atom stereocenters. The Bertz CT molecular complexity index is 85.8. The molecule has 0 fully saturated rings. The van der Waals surface area contributed by atoms with E-state index in [0.717, 1.165) is 12.0 Å².